The van der Waals surface area contributed by atoms with E-state index in [1.165, 1.54) is 13.3 Å². The molecule has 0 heterocycles. The van der Waals surface area contributed by atoms with Gasteiger partial charge in [-0.2, -0.15) is 5.26 Å². The third-order valence-corrected chi connectivity index (χ3v) is 4.26. The minimum atomic E-state index is -0.492. The quantitative estimate of drug-likeness (QED) is 0.566. The zero-order valence-corrected chi connectivity index (χ0v) is 16.4. The molecule has 0 bridgehead atoms. The molecule has 5 nitrogen and oxygen atoms in total. The number of aryl methyl sites for hydroxylation is 2. The molecule has 2 aromatic carbocycles. The van der Waals surface area contributed by atoms with Crippen molar-refractivity contribution < 1.29 is 9.53 Å². The van der Waals surface area contributed by atoms with Gasteiger partial charge in [-0.3, -0.25) is 4.79 Å². The highest BCUT2D eigenvalue weighted by atomic mass is 16.5. The number of nitrogens with one attached hydrogen (secondary N) is 2. The molecular weight excluding hydrogens is 338 g/mol. The Labute approximate surface area is 160 Å². The molecule has 2 rings (SSSR count). The lowest BCUT2D eigenvalue weighted by atomic mass is 9.98. The van der Waals surface area contributed by atoms with E-state index in [-0.39, 0.29) is 5.57 Å². The van der Waals surface area contributed by atoms with Crippen LogP contribution in [0.4, 0.5) is 11.4 Å². The van der Waals surface area contributed by atoms with Crippen molar-refractivity contribution in [2.75, 3.05) is 17.7 Å². The minimum absolute atomic E-state index is 0.0171. The third kappa shape index (κ3) is 4.89. The summed E-state index contributed by atoms with van der Waals surface area (Å²) < 4.78 is 5.27. The number of carbonyl (C=O) groups excluding carboxylic acids is 1. The number of hydrogen-bond donors (Lipinski definition) is 2. The van der Waals surface area contributed by atoms with Crippen LogP contribution in [0.2, 0.25) is 0 Å². The van der Waals surface area contributed by atoms with Crippen molar-refractivity contribution in [3.8, 4) is 11.8 Å². The first kappa shape index (κ1) is 20.1. The Morgan fingerprint density at radius 2 is 1.96 bits per heavy atom. The Kier molecular flexibility index (Phi) is 6.62. The number of carbonyl (C=O) groups is 1. The van der Waals surface area contributed by atoms with Crippen LogP contribution in [0.25, 0.3) is 0 Å². The summed E-state index contributed by atoms with van der Waals surface area (Å²) in [5.74, 6) is 0.366. The van der Waals surface area contributed by atoms with E-state index in [0.29, 0.717) is 17.4 Å². The molecule has 0 radical (unpaired) electrons. The number of nitrogens with zero attached hydrogens (tertiary/aromatic N) is 1. The second-order valence-electron chi connectivity index (χ2n) is 6.67. The van der Waals surface area contributed by atoms with E-state index in [4.69, 9.17) is 4.74 Å². The topological polar surface area (TPSA) is 74.1 Å². The molecule has 0 fully saturated rings. The Hall–Kier alpha value is -3.26. The highest BCUT2D eigenvalue weighted by Crippen LogP contribution is 2.28. The van der Waals surface area contributed by atoms with Gasteiger partial charge in [-0.1, -0.05) is 38.1 Å². The normalized spacial score (nSPS) is 11.1. The number of para-hydroxylation sites is 1. The molecule has 27 heavy (non-hydrogen) atoms. The zero-order valence-electron chi connectivity index (χ0n) is 16.4. The fourth-order valence-electron chi connectivity index (χ4n) is 2.77. The highest BCUT2D eigenvalue weighted by molar-refractivity contribution is 6.07. The fourth-order valence-corrected chi connectivity index (χ4v) is 2.77. The first-order valence-electron chi connectivity index (χ1n) is 8.79. The molecule has 0 aliphatic carbocycles. The molecule has 0 spiro atoms. The van der Waals surface area contributed by atoms with Gasteiger partial charge < -0.3 is 15.4 Å². The predicted octanol–water partition coefficient (Wildman–Crippen LogP) is 4.89. The lowest BCUT2D eigenvalue weighted by Crippen LogP contribution is -2.15. The van der Waals surface area contributed by atoms with Crippen LogP contribution in [-0.4, -0.2) is 13.0 Å². The Morgan fingerprint density at radius 1 is 1.22 bits per heavy atom. The van der Waals surface area contributed by atoms with E-state index in [1.807, 2.05) is 44.2 Å². The van der Waals surface area contributed by atoms with Crippen molar-refractivity contribution in [3.63, 3.8) is 0 Å². The second kappa shape index (κ2) is 8.91. The zero-order chi connectivity index (χ0) is 20.0. The van der Waals surface area contributed by atoms with Crippen LogP contribution in [0.5, 0.6) is 5.75 Å². The van der Waals surface area contributed by atoms with E-state index in [1.54, 1.807) is 12.1 Å². The largest absolute Gasteiger partial charge is 0.495 e. The number of anilines is 2. The SMILES string of the molecule is COc1ccc(C)cc1NC(=O)/C(C#N)=C\Nc1c(C)cccc1C(C)C. The average molecular weight is 363 g/mol. The molecule has 5 heteroatoms. The van der Waals surface area contributed by atoms with Gasteiger partial charge in [0, 0.05) is 11.9 Å². The van der Waals surface area contributed by atoms with E-state index in [9.17, 15) is 10.1 Å². The Bertz CT molecular complexity index is 908. The summed E-state index contributed by atoms with van der Waals surface area (Å²) in [6.07, 6.45) is 1.45. The standard InChI is InChI=1S/C22H25N3O2/c1-14(2)18-8-6-7-16(4)21(18)24-13-17(12-23)22(26)25-19-11-15(3)9-10-20(19)27-5/h6-11,13-14,24H,1-5H3,(H,25,26)/b17-13-. The molecule has 140 valence electrons. The van der Waals surface area contributed by atoms with Crippen molar-refractivity contribution >= 4 is 17.3 Å². The summed E-state index contributed by atoms with van der Waals surface area (Å²) in [6, 6.07) is 13.5. The van der Waals surface area contributed by atoms with Crippen molar-refractivity contribution in [3.05, 3.63) is 64.9 Å². The first-order valence-corrected chi connectivity index (χ1v) is 8.79. The monoisotopic (exact) mass is 363 g/mol. The number of hydrogen-bond acceptors (Lipinski definition) is 4. The van der Waals surface area contributed by atoms with Crippen LogP contribution < -0.4 is 15.4 Å². The third-order valence-electron chi connectivity index (χ3n) is 4.26. The van der Waals surface area contributed by atoms with Crippen molar-refractivity contribution in [2.45, 2.75) is 33.6 Å². The van der Waals surface area contributed by atoms with Gasteiger partial charge in [0.05, 0.1) is 12.8 Å². The van der Waals surface area contributed by atoms with Gasteiger partial charge in [-0.05, 0) is 48.6 Å². The summed E-state index contributed by atoms with van der Waals surface area (Å²) >= 11 is 0. The summed E-state index contributed by atoms with van der Waals surface area (Å²) in [7, 11) is 1.54. The van der Waals surface area contributed by atoms with Gasteiger partial charge in [-0.15, -0.1) is 0 Å². The molecule has 0 atom stereocenters. The van der Waals surface area contributed by atoms with Crippen molar-refractivity contribution in [1.29, 1.82) is 5.26 Å². The summed E-state index contributed by atoms with van der Waals surface area (Å²) in [4.78, 5) is 12.6. The summed E-state index contributed by atoms with van der Waals surface area (Å²) in [5, 5.41) is 15.3. The van der Waals surface area contributed by atoms with Gasteiger partial charge in [0.2, 0.25) is 0 Å². The lowest BCUT2D eigenvalue weighted by Gasteiger charge is -2.15. The highest BCUT2D eigenvalue weighted by Gasteiger charge is 2.14. The molecule has 1 amide bonds. The minimum Gasteiger partial charge on any atom is -0.495 e. The van der Waals surface area contributed by atoms with Crippen molar-refractivity contribution in [2.24, 2.45) is 0 Å². The molecule has 0 aromatic heterocycles. The van der Waals surface area contributed by atoms with E-state index < -0.39 is 5.91 Å². The van der Waals surface area contributed by atoms with Crippen LogP contribution in [0, 0.1) is 25.2 Å². The van der Waals surface area contributed by atoms with Crippen LogP contribution in [-0.2, 0) is 4.79 Å². The van der Waals surface area contributed by atoms with E-state index in [2.05, 4.69) is 24.5 Å². The van der Waals surface area contributed by atoms with Gasteiger partial charge >= 0.3 is 0 Å². The number of benzene rings is 2. The van der Waals surface area contributed by atoms with Crippen molar-refractivity contribution in [1.82, 2.24) is 0 Å². The summed E-state index contributed by atoms with van der Waals surface area (Å²) in [6.45, 7) is 8.12. The Morgan fingerprint density at radius 3 is 2.59 bits per heavy atom. The summed E-state index contributed by atoms with van der Waals surface area (Å²) in [5.41, 5.74) is 4.59. The van der Waals surface area contributed by atoms with Crippen LogP contribution in [0.1, 0.15) is 36.5 Å². The second-order valence-corrected chi connectivity index (χ2v) is 6.67. The lowest BCUT2D eigenvalue weighted by molar-refractivity contribution is -0.112. The van der Waals surface area contributed by atoms with E-state index in [0.717, 1.165) is 22.4 Å². The maximum absolute atomic E-state index is 12.6. The van der Waals surface area contributed by atoms with Gasteiger partial charge in [0.25, 0.3) is 5.91 Å². The average Bonchev–Trinajstić information content (AvgIpc) is 2.63. The van der Waals surface area contributed by atoms with Crippen LogP contribution >= 0.6 is 0 Å². The molecule has 0 unspecified atom stereocenters. The molecule has 2 N–H and O–H groups in total. The Balaban J connectivity index is 2.26. The van der Waals surface area contributed by atoms with E-state index >= 15 is 0 Å². The molecule has 0 saturated carbocycles. The number of ether oxygens (including phenoxy) is 1. The smallest absolute Gasteiger partial charge is 0.267 e. The maximum atomic E-state index is 12.6. The molecule has 0 aliphatic heterocycles. The fraction of sp³-hybridized carbons (Fsp3) is 0.273. The maximum Gasteiger partial charge on any atom is 0.267 e. The van der Waals surface area contributed by atoms with Gasteiger partial charge in [0.1, 0.15) is 17.4 Å². The number of methoxy groups -OCH3 is 1. The number of nitriles is 1. The molecule has 0 aliphatic rings. The molecule has 2 aromatic rings. The van der Waals surface area contributed by atoms with Gasteiger partial charge in [-0.25, -0.2) is 0 Å². The predicted molar refractivity (Wildman–Crippen MR) is 109 cm³/mol. The van der Waals surface area contributed by atoms with Crippen LogP contribution in [0.3, 0.4) is 0 Å². The molecule has 0 saturated heterocycles. The number of amides is 1. The van der Waals surface area contributed by atoms with Crippen LogP contribution in [0.15, 0.2) is 48.2 Å². The first-order chi connectivity index (χ1) is 12.9. The van der Waals surface area contributed by atoms with Gasteiger partial charge in [0.15, 0.2) is 0 Å². The molecular formula is C22H25N3O2. The number of rotatable bonds is 6.